The van der Waals surface area contributed by atoms with E-state index in [4.69, 9.17) is 14.2 Å². The quantitative estimate of drug-likeness (QED) is 0.818. The highest BCUT2D eigenvalue weighted by atomic mass is 16.6. The Labute approximate surface area is 153 Å². The SMILES string of the molecule is COc1ccc(C2CC(=O)NC3=C2C(=O)OC3(C)C)cc1OCC(C)C. The first-order valence-corrected chi connectivity index (χ1v) is 8.81. The molecule has 3 rings (SSSR count). The molecule has 0 aliphatic carbocycles. The predicted molar refractivity (Wildman–Crippen MR) is 96.0 cm³/mol. The van der Waals surface area contributed by atoms with Gasteiger partial charge in [0.1, 0.15) is 5.60 Å². The van der Waals surface area contributed by atoms with E-state index in [1.165, 1.54) is 0 Å². The zero-order valence-corrected chi connectivity index (χ0v) is 15.8. The van der Waals surface area contributed by atoms with Gasteiger partial charge in [0.2, 0.25) is 5.91 Å². The molecule has 1 amide bonds. The lowest BCUT2D eigenvalue weighted by Crippen LogP contribution is -2.38. The van der Waals surface area contributed by atoms with E-state index in [9.17, 15) is 9.59 Å². The van der Waals surface area contributed by atoms with E-state index in [-0.39, 0.29) is 24.2 Å². The van der Waals surface area contributed by atoms with Crippen molar-refractivity contribution in [2.24, 2.45) is 5.92 Å². The van der Waals surface area contributed by atoms with Crippen LogP contribution in [0.2, 0.25) is 0 Å². The van der Waals surface area contributed by atoms with Crippen LogP contribution in [-0.4, -0.2) is 31.2 Å². The van der Waals surface area contributed by atoms with Crippen LogP contribution in [0.1, 0.15) is 45.6 Å². The molecule has 0 saturated heterocycles. The summed E-state index contributed by atoms with van der Waals surface area (Å²) >= 11 is 0. The molecule has 6 heteroatoms. The maximum atomic E-state index is 12.5. The Balaban J connectivity index is 2.02. The number of hydrogen-bond donors (Lipinski definition) is 1. The van der Waals surface area contributed by atoms with E-state index in [1.807, 2.05) is 18.2 Å². The Morgan fingerprint density at radius 2 is 2.00 bits per heavy atom. The van der Waals surface area contributed by atoms with Gasteiger partial charge in [0.25, 0.3) is 0 Å². The molecule has 0 radical (unpaired) electrons. The van der Waals surface area contributed by atoms with Gasteiger partial charge in [-0.2, -0.15) is 0 Å². The van der Waals surface area contributed by atoms with Crippen molar-refractivity contribution in [1.82, 2.24) is 5.32 Å². The molecule has 0 aromatic heterocycles. The maximum Gasteiger partial charge on any atom is 0.337 e. The summed E-state index contributed by atoms with van der Waals surface area (Å²) in [5.41, 5.74) is 1.09. The second-order valence-electron chi connectivity index (χ2n) is 7.61. The molecule has 1 atom stereocenters. The Kier molecular flexibility index (Phi) is 4.69. The zero-order valence-electron chi connectivity index (χ0n) is 15.8. The number of ether oxygens (including phenoxy) is 3. The number of benzene rings is 1. The number of esters is 1. The highest BCUT2D eigenvalue weighted by Gasteiger charge is 2.47. The lowest BCUT2D eigenvalue weighted by atomic mass is 9.82. The van der Waals surface area contributed by atoms with Gasteiger partial charge in [-0.15, -0.1) is 0 Å². The largest absolute Gasteiger partial charge is 0.493 e. The molecule has 0 spiro atoms. The van der Waals surface area contributed by atoms with Gasteiger partial charge in [-0.25, -0.2) is 4.79 Å². The summed E-state index contributed by atoms with van der Waals surface area (Å²) in [7, 11) is 1.59. The van der Waals surface area contributed by atoms with Crippen LogP contribution in [0.15, 0.2) is 29.5 Å². The van der Waals surface area contributed by atoms with Crippen molar-refractivity contribution in [3.8, 4) is 11.5 Å². The average Bonchev–Trinajstić information content (AvgIpc) is 2.80. The Morgan fingerprint density at radius 1 is 1.27 bits per heavy atom. The van der Waals surface area contributed by atoms with E-state index in [0.29, 0.717) is 35.3 Å². The molecule has 26 heavy (non-hydrogen) atoms. The smallest absolute Gasteiger partial charge is 0.337 e. The van der Waals surface area contributed by atoms with Crippen molar-refractivity contribution in [3.05, 3.63) is 35.0 Å². The summed E-state index contributed by atoms with van der Waals surface area (Å²) in [6, 6.07) is 5.53. The third-order valence-electron chi connectivity index (χ3n) is 4.60. The average molecular weight is 359 g/mol. The first-order valence-electron chi connectivity index (χ1n) is 8.81. The standard InChI is InChI=1S/C20H25NO5/c1-11(2)10-25-15-8-12(6-7-14(15)24-5)13-9-16(22)21-18-17(13)19(23)26-20(18,3)4/h6-8,11,13H,9-10H2,1-5H3,(H,21,22). The number of hydrogen-bond acceptors (Lipinski definition) is 5. The molecule has 0 saturated carbocycles. The van der Waals surface area contributed by atoms with Crippen molar-refractivity contribution >= 4 is 11.9 Å². The lowest BCUT2D eigenvalue weighted by Gasteiger charge is -2.27. The molecule has 0 fully saturated rings. The van der Waals surface area contributed by atoms with Crippen molar-refractivity contribution < 1.29 is 23.8 Å². The van der Waals surface area contributed by atoms with Crippen LogP contribution < -0.4 is 14.8 Å². The zero-order chi connectivity index (χ0) is 19.1. The Morgan fingerprint density at radius 3 is 2.65 bits per heavy atom. The van der Waals surface area contributed by atoms with Gasteiger partial charge in [-0.3, -0.25) is 4.79 Å². The van der Waals surface area contributed by atoms with Gasteiger partial charge >= 0.3 is 5.97 Å². The number of cyclic esters (lactones) is 1. The first-order chi connectivity index (χ1) is 12.2. The third-order valence-corrected chi connectivity index (χ3v) is 4.60. The van der Waals surface area contributed by atoms with Gasteiger partial charge in [0.15, 0.2) is 11.5 Å². The van der Waals surface area contributed by atoms with E-state index >= 15 is 0 Å². The molecule has 2 heterocycles. The van der Waals surface area contributed by atoms with Crippen molar-refractivity contribution in [2.45, 2.75) is 45.6 Å². The van der Waals surface area contributed by atoms with Gasteiger partial charge in [-0.1, -0.05) is 19.9 Å². The maximum absolute atomic E-state index is 12.5. The highest BCUT2D eigenvalue weighted by Crippen LogP contribution is 2.44. The second kappa shape index (κ2) is 6.67. The molecule has 1 unspecified atom stereocenters. The van der Waals surface area contributed by atoms with Gasteiger partial charge in [0.05, 0.1) is 25.0 Å². The fourth-order valence-electron chi connectivity index (χ4n) is 3.34. The molecular formula is C20H25NO5. The topological polar surface area (TPSA) is 73.9 Å². The fraction of sp³-hybridized carbons (Fsp3) is 0.500. The third kappa shape index (κ3) is 3.28. The van der Waals surface area contributed by atoms with Crippen LogP contribution >= 0.6 is 0 Å². The predicted octanol–water partition coefficient (Wildman–Crippen LogP) is 2.92. The van der Waals surface area contributed by atoms with Gasteiger partial charge in [0, 0.05) is 12.3 Å². The lowest BCUT2D eigenvalue weighted by molar-refractivity contribution is -0.144. The van der Waals surface area contributed by atoms with Gasteiger partial charge in [-0.05, 0) is 37.5 Å². The molecule has 6 nitrogen and oxygen atoms in total. The van der Waals surface area contributed by atoms with Crippen molar-refractivity contribution in [1.29, 1.82) is 0 Å². The van der Waals surface area contributed by atoms with Crippen LogP contribution in [0.5, 0.6) is 11.5 Å². The van der Waals surface area contributed by atoms with Crippen molar-refractivity contribution in [2.75, 3.05) is 13.7 Å². The highest BCUT2D eigenvalue weighted by molar-refractivity contribution is 5.99. The van der Waals surface area contributed by atoms with Crippen LogP contribution in [0.4, 0.5) is 0 Å². The summed E-state index contributed by atoms with van der Waals surface area (Å²) in [4.78, 5) is 24.7. The van der Waals surface area contributed by atoms with E-state index in [0.717, 1.165) is 5.56 Å². The van der Waals surface area contributed by atoms with Crippen LogP contribution in [0.25, 0.3) is 0 Å². The summed E-state index contributed by atoms with van der Waals surface area (Å²) in [6.45, 7) is 8.24. The number of methoxy groups -OCH3 is 1. The first kappa shape index (κ1) is 18.3. The fourth-order valence-corrected chi connectivity index (χ4v) is 3.34. The normalized spacial score (nSPS) is 21.4. The molecular weight excluding hydrogens is 334 g/mol. The Hall–Kier alpha value is -2.50. The second-order valence-corrected chi connectivity index (χ2v) is 7.61. The molecule has 0 bridgehead atoms. The minimum absolute atomic E-state index is 0.124. The van der Waals surface area contributed by atoms with Gasteiger partial charge < -0.3 is 19.5 Å². The van der Waals surface area contributed by atoms with Crippen molar-refractivity contribution in [3.63, 3.8) is 0 Å². The summed E-state index contributed by atoms with van der Waals surface area (Å²) in [5.74, 6) is 0.732. The number of carbonyl (C=O) groups is 2. The Bertz CT molecular complexity index is 778. The van der Waals surface area contributed by atoms with Crippen LogP contribution in [0.3, 0.4) is 0 Å². The summed E-state index contributed by atoms with van der Waals surface area (Å²) in [5, 5.41) is 2.81. The molecule has 140 valence electrons. The summed E-state index contributed by atoms with van der Waals surface area (Å²) < 4.78 is 16.7. The molecule has 2 aliphatic rings. The minimum Gasteiger partial charge on any atom is -0.493 e. The van der Waals surface area contributed by atoms with Crippen LogP contribution in [-0.2, 0) is 14.3 Å². The monoisotopic (exact) mass is 359 g/mol. The van der Waals surface area contributed by atoms with Crippen LogP contribution in [0, 0.1) is 5.92 Å². The molecule has 1 N–H and O–H groups in total. The van der Waals surface area contributed by atoms with E-state index in [2.05, 4.69) is 19.2 Å². The number of carbonyl (C=O) groups excluding carboxylic acids is 2. The number of rotatable bonds is 5. The number of nitrogens with one attached hydrogen (secondary N) is 1. The molecule has 1 aromatic rings. The van der Waals surface area contributed by atoms with E-state index in [1.54, 1.807) is 21.0 Å². The van der Waals surface area contributed by atoms with E-state index < -0.39 is 5.60 Å². The molecule has 1 aromatic carbocycles. The number of amides is 1. The molecule has 2 aliphatic heterocycles. The minimum atomic E-state index is -0.829. The summed E-state index contributed by atoms with van der Waals surface area (Å²) in [6.07, 6.45) is 0.194.